The fourth-order valence-corrected chi connectivity index (χ4v) is 1.99. The summed E-state index contributed by atoms with van der Waals surface area (Å²) in [6.45, 7) is 5.91. The summed E-state index contributed by atoms with van der Waals surface area (Å²) in [5, 5.41) is 8.98. The van der Waals surface area contributed by atoms with E-state index in [0.717, 1.165) is 22.6 Å². The van der Waals surface area contributed by atoms with Crippen LogP contribution in [-0.2, 0) is 0 Å². The molecule has 0 aliphatic carbocycles. The van der Waals surface area contributed by atoms with E-state index >= 15 is 0 Å². The van der Waals surface area contributed by atoms with Crippen molar-refractivity contribution in [1.29, 1.82) is 5.26 Å². The summed E-state index contributed by atoms with van der Waals surface area (Å²) >= 11 is 0. The average Bonchev–Trinajstić information content (AvgIpc) is 2.38. The molecule has 2 aromatic heterocycles. The van der Waals surface area contributed by atoms with Gasteiger partial charge in [-0.25, -0.2) is 0 Å². The number of rotatable bonds is 2. The lowest BCUT2D eigenvalue weighted by atomic mass is 9.99. The van der Waals surface area contributed by atoms with Crippen LogP contribution >= 0.6 is 0 Å². The Balaban J connectivity index is 2.74. The van der Waals surface area contributed by atoms with Gasteiger partial charge in [-0.2, -0.15) is 5.26 Å². The van der Waals surface area contributed by atoms with E-state index in [4.69, 9.17) is 5.26 Å². The van der Waals surface area contributed by atoms with Crippen molar-refractivity contribution in [3.05, 3.63) is 51.6 Å². The van der Waals surface area contributed by atoms with E-state index in [1.165, 1.54) is 0 Å². The summed E-state index contributed by atoms with van der Waals surface area (Å²) < 4.78 is 0. The van der Waals surface area contributed by atoms with Crippen LogP contribution in [0.25, 0.3) is 11.3 Å². The molecule has 2 heterocycles. The van der Waals surface area contributed by atoms with E-state index < -0.39 is 0 Å². The maximum Gasteiger partial charge on any atom is 0.266 e. The second-order valence-corrected chi connectivity index (χ2v) is 4.77. The van der Waals surface area contributed by atoms with Crippen molar-refractivity contribution in [2.75, 3.05) is 0 Å². The summed E-state index contributed by atoms with van der Waals surface area (Å²) in [7, 11) is 0. The van der Waals surface area contributed by atoms with E-state index in [9.17, 15) is 4.79 Å². The average molecular weight is 253 g/mol. The van der Waals surface area contributed by atoms with Crippen molar-refractivity contribution in [2.24, 2.45) is 0 Å². The molecule has 2 rings (SSSR count). The van der Waals surface area contributed by atoms with Crippen LogP contribution < -0.4 is 5.56 Å². The molecule has 4 nitrogen and oxygen atoms in total. The van der Waals surface area contributed by atoms with Gasteiger partial charge < -0.3 is 4.98 Å². The van der Waals surface area contributed by atoms with Crippen LogP contribution in [0.5, 0.6) is 0 Å². The number of hydrogen-bond acceptors (Lipinski definition) is 3. The number of nitriles is 1. The lowest BCUT2D eigenvalue weighted by Gasteiger charge is -2.12. The highest BCUT2D eigenvalue weighted by Gasteiger charge is 2.14. The molecule has 0 saturated carbocycles. The second-order valence-electron chi connectivity index (χ2n) is 4.77. The molecule has 0 fully saturated rings. The number of nitrogens with one attached hydrogen (secondary N) is 1. The van der Waals surface area contributed by atoms with Crippen molar-refractivity contribution < 1.29 is 0 Å². The van der Waals surface area contributed by atoms with E-state index in [0.29, 0.717) is 0 Å². The van der Waals surface area contributed by atoms with Crippen LogP contribution in [0.4, 0.5) is 0 Å². The Hall–Kier alpha value is -2.41. The van der Waals surface area contributed by atoms with Crippen molar-refractivity contribution >= 4 is 0 Å². The largest absolute Gasteiger partial charge is 0.324 e. The highest BCUT2D eigenvalue weighted by molar-refractivity contribution is 5.64. The molecule has 19 heavy (non-hydrogen) atoms. The van der Waals surface area contributed by atoms with Crippen LogP contribution in [0.3, 0.4) is 0 Å². The zero-order valence-corrected chi connectivity index (χ0v) is 11.2. The molecular formula is C15H15N3O. The Kier molecular flexibility index (Phi) is 3.48. The minimum absolute atomic E-state index is 0.114. The third-order valence-corrected chi connectivity index (χ3v) is 2.93. The molecule has 0 spiro atoms. The van der Waals surface area contributed by atoms with Gasteiger partial charge in [0.05, 0.1) is 5.69 Å². The van der Waals surface area contributed by atoms with Gasteiger partial charge in [-0.3, -0.25) is 9.78 Å². The molecule has 2 aromatic rings. The SMILES string of the molecule is Cc1cccc(-c2cc(C#N)c(=O)[nH]c2C(C)C)n1. The van der Waals surface area contributed by atoms with Crippen molar-refractivity contribution in [2.45, 2.75) is 26.7 Å². The number of aromatic amines is 1. The molecule has 0 saturated heterocycles. The quantitative estimate of drug-likeness (QED) is 0.894. The number of hydrogen-bond donors (Lipinski definition) is 1. The van der Waals surface area contributed by atoms with E-state index in [1.807, 2.05) is 45.0 Å². The van der Waals surface area contributed by atoms with E-state index in [1.54, 1.807) is 6.07 Å². The van der Waals surface area contributed by atoms with Crippen LogP contribution in [-0.4, -0.2) is 9.97 Å². The Bertz CT molecular complexity index is 708. The minimum Gasteiger partial charge on any atom is -0.324 e. The van der Waals surface area contributed by atoms with Gasteiger partial charge in [0.1, 0.15) is 11.6 Å². The molecule has 96 valence electrons. The van der Waals surface area contributed by atoms with Gasteiger partial charge in [0, 0.05) is 17.0 Å². The molecular weight excluding hydrogens is 238 g/mol. The molecule has 0 bridgehead atoms. The fraction of sp³-hybridized carbons (Fsp3) is 0.267. The summed E-state index contributed by atoms with van der Waals surface area (Å²) in [6, 6.07) is 9.25. The number of pyridine rings is 2. The predicted octanol–water partition coefficient (Wildman–Crippen LogP) is 2.74. The van der Waals surface area contributed by atoms with Crippen LogP contribution in [0, 0.1) is 18.3 Å². The Morgan fingerprint density at radius 1 is 1.37 bits per heavy atom. The zero-order valence-electron chi connectivity index (χ0n) is 11.2. The van der Waals surface area contributed by atoms with Crippen molar-refractivity contribution in [3.63, 3.8) is 0 Å². The van der Waals surface area contributed by atoms with Gasteiger partial charge in [-0.15, -0.1) is 0 Å². The molecule has 0 radical (unpaired) electrons. The molecule has 0 aromatic carbocycles. The van der Waals surface area contributed by atoms with E-state index in [-0.39, 0.29) is 17.0 Å². The monoisotopic (exact) mass is 253 g/mol. The van der Waals surface area contributed by atoms with Crippen molar-refractivity contribution in [1.82, 2.24) is 9.97 Å². The second kappa shape index (κ2) is 5.07. The first kappa shape index (κ1) is 13.0. The van der Waals surface area contributed by atoms with Crippen LogP contribution in [0.2, 0.25) is 0 Å². The predicted molar refractivity (Wildman–Crippen MR) is 73.8 cm³/mol. The standard InChI is InChI=1S/C15H15N3O/c1-9(2)14-12(7-11(8-16)15(19)18-14)13-6-4-5-10(3)17-13/h4-7,9H,1-3H3,(H,18,19). The maximum atomic E-state index is 11.7. The van der Waals surface area contributed by atoms with Gasteiger partial charge in [0.2, 0.25) is 0 Å². The summed E-state index contributed by atoms with van der Waals surface area (Å²) in [4.78, 5) is 19.0. The van der Waals surface area contributed by atoms with E-state index in [2.05, 4.69) is 9.97 Å². The van der Waals surface area contributed by atoms with Gasteiger partial charge in [0.25, 0.3) is 5.56 Å². The zero-order chi connectivity index (χ0) is 14.0. The number of aryl methyl sites for hydroxylation is 1. The fourth-order valence-electron chi connectivity index (χ4n) is 1.99. The first-order valence-electron chi connectivity index (χ1n) is 6.14. The molecule has 1 N–H and O–H groups in total. The summed E-state index contributed by atoms with van der Waals surface area (Å²) in [5.74, 6) is 0.151. The van der Waals surface area contributed by atoms with Crippen LogP contribution in [0.1, 0.15) is 36.7 Å². The van der Waals surface area contributed by atoms with Gasteiger partial charge in [-0.05, 0) is 31.0 Å². The smallest absolute Gasteiger partial charge is 0.266 e. The van der Waals surface area contributed by atoms with Gasteiger partial charge in [-0.1, -0.05) is 19.9 Å². The lowest BCUT2D eigenvalue weighted by Crippen LogP contribution is -2.15. The summed E-state index contributed by atoms with van der Waals surface area (Å²) in [5.41, 5.74) is 3.07. The molecule has 0 unspecified atom stereocenters. The highest BCUT2D eigenvalue weighted by atomic mass is 16.1. The highest BCUT2D eigenvalue weighted by Crippen LogP contribution is 2.25. The minimum atomic E-state index is -0.345. The Morgan fingerprint density at radius 2 is 2.11 bits per heavy atom. The third-order valence-electron chi connectivity index (χ3n) is 2.93. The molecule has 0 aliphatic heterocycles. The first-order valence-corrected chi connectivity index (χ1v) is 6.14. The number of nitrogens with zero attached hydrogens (tertiary/aromatic N) is 2. The molecule has 0 amide bonds. The third kappa shape index (κ3) is 2.55. The normalized spacial score (nSPS) is 10.5. The van der Waals surface area contributed by atoms with Crippen LogP contribution in [0.15, 0.2) is 29.1 Å². The Morgan fingerprint density at radius 3 is 2.68 bits per heavy atom. The van der Waals surface area contributed by atoms with Gasteiger partial charge in [0.15, 0.2) is 0 Å². The summed E-state index contributed by atoms with van der Waals surface area (Å²) in [6.07, 6.45) is 0. The number of aromatic nitrogens is 2. The topological polar surface area (TPSA) is 69.5 Å². The molecule has 4 heteroatoms. The first-order chi connectivity index (χ1) is 9.02. The molecule has 0 atom stereocenters. The lowest BCUT2D eigenvalue weighted by molar-refractivity contribution is 0.816. The maximum absolute atomic E-state index is 11.7. The van der Waals surface area contributed by atoms with Gasteiger partial charge >= 0.3 is 0 Å². The van der Waals surface area contributed by atoms with Crippen molar-refractivity contribution in [3.8, 4) is 17.3 Å². The Labute approximate surface area is 111 Å². The molecule has 0 aliphatic rings. The number of H-pyrrole nitrogens is 1.